The topological polar surface area (TPSA) is 139 Å². The van der Waals surface area contributed by atoms with E-state index < -0.39 is 20.6 Å². The van der Waals surface area contributed by atoms with Crippen molar-refractivity contribution in [1.29, 1.82) is 0 Å². The first-order chi connectivity index (χ1) is 14.3. The van der Waals surface area contributed by atoms with Crippen molar-refractivity contribution in [2.45, 2.75) is 18.4 Å². The maximum atomic E-state index is 12.4. The van der Waals surface area contributed by atoms with E-state index in [-0.39, 0.29) is 23.1 Å². The maximum Gasteiger partial charge on any atom is 0.354 e. The van der Waals surface area contributed by atoms with Gasteiger partial charge in [0.25, 0.3) is 10.0 Å². The number of nitrogens with one attached hydrogen (secondary N) is 3. The number of aryl methyl sites for hydroxylation is 1. The molecule has 0 atom stereocenters. The van der Waals surface area contributed by atoms with Crippen molar-refractivity contribution >= 4 is 38.9 Å². The van der Waals surface area contributed by atoms with Crippen molar-refractivity contribution in [3.63, 3.8) is 0 Å². The molecule has 2 aromatic carbocycles. The van der Waals surface area contributed by atoms with Gasteiger partial charge in [-0.05, 0) is 36.8 Å². The number of nitro groups is 1. The molecule has 1 aromatic heterocycles. The summed E-state index contributed by atoms with van der Waals surface area (Å²) in [5, 5.41) is 15.0. The average Bonchev–Trinajstić information content (AvgIpc) is 2.72. The predicted octanol–water partition coefficient (Wildman–Crippen LogP) is 3.26. The van der Waals surface area contributed by atoms with Crippen LogP contribution in [0.3, 0.4) is 0 Å². The van der Waals surface area contributed by atoms with E-state index >= 15 is 0 Å². The summed E-state index contributed by atoms with van der Waals surface area (Å²) in [5.74, 6) is -0.369. The van der Waals surface area contributed by atoms with E-state index in [4.69, 9.17) is 11.6 Å². The molecule has 3 N–H and O–H groups in total. The Hall–Kier alpha value is -3.28. The first kappa shape index (κ1) is 21.4. The number of anilines is 2. The Morgan fingerprint density at radius 1 is 1.03 bits per heavy atom. The molecule has 0 radical (unpaired) electrons. The fourth-order valence-electron chi connectivity index (χ4n) is 2.45. The number of sulfonamides is 1. The number of aromatic nitrogens is 2. The number of hydrazine groups is 1. The van der Waals surface area contributed by atoms with Gasteiger partial charge < -0.3 is 5.32 Å². The highest BCUT2D eigenvalue weighted by Crippen LogP contribution is 2.29. The molecule has 0 fully saturated rings. The van der Waals surface area contributed by atoms with Crippen molar-refractivity contribution in [2.75, 3.05) is 10.7 Å². The van der Waals surface area contributed by atoms with E-state index in [1.165, 1.54) is 12.1 Å². The summed E-state index contributed by atoms with van der Waals surface area (Å²) in [5.41, 5.74) is 3.52. The number of halogens is 1. The lowest BCUT2D eigenvalue weighted by Gasteiger charge is -2.11. The zero-order valence-corrected chi connectivity index (χ0v) is 17.2. The van der Waals surface area contributed by atoms with Gasteiger partial charge in [0.05, 0.1) is 9.82 Å². The Bertz CT molecular complexity index is 1150. The van der Waals surface area contributed by atoms with Crippen LogP contribution in [-0.2, 0) is 16.6 Å². The minimum Gasteiger partial charge on any atom is -0.360 e. The monoisotopic (exact) mass is 448 g/mol. The molecule has 0 unspecified atom stereocenters. The number of benzene rings is 2. The first-order valence-corrected chi connectivity index (χ1v) is 10.4. The molecule has 0 saturated carbocycles. The maximum absolute atomic E-state index is 12.4. The van der Waals surface area contributed by atoms with Crippen molar-refractivity contribution < 1.29 is 13.3 Å². The van der Waals surface area contributed by atoms with Gasteiger partial charge in [-0.1, -0.05) is 41.4 Å². The molecule has 0 aliphatic rings. The van der Waals surface area contributed by atoms with E-state index in [0.29, 0.717) is 5.02 Å². The van der Waals surface area contributed by atoms with Crippen LogP contribution in [0.15, 0.2) is 59.8 Å². The molecule has 0 aliphatic carbocycles. The van der Waals surface area contributed by atoms with Gasteiger partial charge in [-0.2, -0.15) is 0 Å². The fourth-order valence-corrected chi connectivity index (χ4v) is 3.42. The summed E-state index contributed by atoms with van der Waals surface area (Å²) in [6.07, 6.45) is 1.08. The Balaban J connectivity index is 1.79. The minimum atomic E-state index is -3.97. The van der Waals surface area contributed by atoms with Crippen LogP contribution in [0.25, 0.3) is 0 Å². The quantitative estimate of drug-likeness (QED) is 0.352. The first-order valence-electron chi connectivity index (χ1n) is 8.58. The Kier molecular flexibility index (Phi) is 6.45. The molecule has 156 valence electrons. The highest BCUT2D eigenvalue weighted by atomic mass is 35.5. The lowest BCUT2D eigenvalue weighted by Crippen LogP contribution is -2.30. The number of nitrogens with zero attached hydrogens (tertiary/aromatic N) is 3. The molecular weight excluding hydrogens is 432 g/mol. The molecule has 30 heavy (non-hydrogen) atoms. The standard InChI is InChI=1S/C18H17ClN6O4S/c1-12-2-8-15(9-3-12)30(28,29)24-23-18-16(25(26)27)17(21-11-22-18)20-10-13-4-6-14(19)7-5-13/h2-9,11,24H,10H2,1H3,(H2,20,21,22,23). The Labute approximate surface area is 177 Å². The van der Waals surface area contributed by atoms with Crippen molar-refractivity contribution in [1.82, 2.24) is 14.8 Å². The molecule has 0 aliphatic heterocycles. The van der Waals surface area contributed by atoms with Gasteiger partial charge in [-0.25, -0.2) is 18.4 Å². The molecule has 12 heteroatoms. The Morgan fingerprint density at radius 2 is 1.67 bits per heavy atom. The highest BCUT2D eigenvalue weighted by Gasteiger charge is 2.24. The Morgan fingerprint density at radius 3 is 2.30 bits per heavy atom. The molecule has 3 rings (SSSR count). The zero-order chi connectivity index (χ0) is 21.7. The van der Waals surface area contributed by atoms with Crippen LogP contribution < -0.4 is 15.6 Å². The number of hydrogen-bond donors (Lipinski definition) is 3. The van der Waals surface area contributed by atoms with E-state index in [9.17, 15) is 18.5 Å². The van der Waals surface area contributed by atoms with Gasteiger partial charge in [0.1, 0.15) is 6.33 Å². The molecule has 10 nitrogen and oxygen atoms in total. The van der Waals surface area contributed by atoms with Gasteiger partial charge >= 0.3 is 5.69 Å². The molecule has 3 aromatic rings. The summed E-state index contributed by atoms with van der Waals surface area (Å²) in [7, 11) is -3.97. The highest BCUT2D eigenvalue weighted by molar-refractivity contribution is 7.89. The van der Waals surface area contributed by atoms with Crippen LogP contribution in [0.1, 0.15) is 11.1 Å². The smallest absolute Gasteiger partial charge is 0.354 e. The second-order valence-corrected chi connectivity index (χ2v) is 8.32. The number of hydrogen-bond acceptors (Lipinski definition) is 8. The molecule has 1 heterocycles. The van der Waals surface area contributed by atoms with Gasteiger partial charge in [0, 0.05) is 11.6 Å². The number of rotatable bonds is 8. The van der Waals surface area contributed by atoms with Gasteiger partial charge in [-0.3, -0.25) is 15.5 Å². The van der Waals surface area contributed by atoms with E-state index in [1.807, 2.05) is 6.92 Å². The summed E-state index contributed by atoms with van der Waals surface area (Å²) in [4.78, 5) is 20.7. The second kappa shape index (κ2) is 9.03. The van der Waals surface area contributed by atoms with Gasteiger partial charge in [-0.15, -0.1) is 4.83 Å². The van der Waals surface area contributed by atoms with Gasteiger partial charge in [0.2, 0.25) is 11.6 Å². The third kappa shape index (κ3) is 5.20. The van der Waals surface area contributed by atoms with Crippen LogP contribution in [0.4, 0.5) is 17.3 Å². The van der Waals surface area contributed by atoms with Crippen LogP contribution >= 0.6 is 11.6 Å². The van der Waals surface area contributed by atoms with E-state index in [0.717, 1.165) is 17.5 Å². The van der Waals surface area contributed by atoms with Crippen LogP contribution in [0.5, 0.6) is 0 Å². The van der Waals surface area contributed by atoms with Crippen molar-refractivity contribution in [3.8, 4) is 0 Å². The summed E-state index contributed by atoms with van der Waals surface area (Å²) in [6, 6.07) is 13.0. The lowest BCUT2D eigenvalue weighted by atomic mass is 10.2. The zero-order valence-electron chi connectivity index (χ0n) is 15.7. The minimum absolute atomic E-state index is 0.00149. The third-order valence-electron chi connectivity index (χ3n) is 4.01. The fraction of sp³-hybridized carbons (Fsp3) is 0.111. The largest absolute Gasteiger partial charge is 0.360 e. The van der Waals surface area contributed by atoms with Crippen LogP contribution in [0.2, 0.25) is 5.02 Å². The normalized spacial score (nSPS) is 11.1. The predicted molar refractivity (Wildman–Crippen MR) is 113 cm³/mol. The molecular formula is C18H17ClN6O4S. The summed E-state index contributed by atoms with van der Waals surface area (Å²) in [6.45, 7) is 2.06. The summed E-state index contributed by atoms with van der Waals surface area (Å²) < 4.78 is 24.8. The SMILES string of the molecule is Cc1ccc(S(=O)(=O)NNc2ncnc(NCc3ccc(Cl)cc3)c2[N+](=O)[O-])cc1. The average molecular weight is 449 g/mol. The van der Waals surface area contributed by atoms with E-state index in [1.54, 1.807) is 36.4 Å². The molecule has 0 amide bonds. The summed E-state index contributed by atoms with van der Waals surface area (Å²) >= 11 is 5.85. The van der Waals surface area contributed by atoms with Gasteiger partial charge in [0.15, 0.2) is 0 Å². The third-order valence-corrected chi connectivity index (χ3v) is 5.53. The second-order valence-electron chi connectivity index (χ2n) is 6.20. The molecule has 0 spiro atoms. The lowest BCUT2D eigenvalue weighted by molar-refractivity contribution is -0.383. The van der Waals surface area contributed by atoms with Crippen molar-refractivity contribution in [2.24, 2.45) is 0 Å². The van der Waals surface area contributed by atoms with E-state index in [2.05, 4.69) is 25.5 Å². The molecule has 0 saturated heterocycles. The molecule has 0 bridgehead atoms. The van der Waals surface area contributed by atoms with Crippen LogP contribution in [0, 0.1) is 17.0 Å². The van der Waals surface area contributed by atoms with Crippen LogP contribution in [-0.4, -0.2) is 23.3 Å². The van der Waals surface area contributed by atoms with Crippen molar-refractivity contribution in [3.05, 3.63) is 81.1 Å².